The van der Waals surface area contributed by atoms with Crippen molar-refractivity contribution in [3.05, 3.63) is 64.5 Å². The van der Waals surface area contributed by atoms with Gasteiger partial charge in [0.25, 0.3) is 5.69 Å². The summed E-state index contributed by atoms with van der Waals surface area (Å²) in [6.45, 7) is 1.20. The van der Waals surface area contributed by atoms with Gasteiger partial charge in [-0.3, -0.25) is 10.1 Å². The van der Waals surface area contributed by atoms with Gasteiger partial charge in [-0.15, -0.1) is 0 Å². The summed E-state index contributed by atoms with van der Waals surface area (Å²) < 4.78 is 10.4. The van der Waals surface area contributed by atoms with Crippen molar-refractivity contribution < 1.29 is 19.2 Å². The maximum absolute atomic E-state index is 12.5. The molecule has 0 unspecified atom stereocenters. The molecule has 0 amide bonds. The van der Waals surface area contributed by atoms with Gasteiger partial charge in [0.2, 0.25) is 5.95 Å². The molecule has 0 aliphatic carbocycles. The summed E-state index contributed by atoms with van der Waals surface area (Å²) in [4.78, 5) is 37.8. The summed E-state index contributed by atoms with van der Waals surface area (Å²) in [5.41, 5.74) is 2.56. The minimum absolute atomic E-state index is 0.119. The Balaban J connectivity index is 1.75. The number of H-pyrrole nitrogens is 1. The zero-order chi connectivity index (χ0) is 26.5. The second-order valence-corrected chi connectivity index (χ2v) is 8.38. The Hall–Kier alpha value is -4.71. The number of methoxy groups -OCH3 is 2. The molecule has 0 radical (unpaired) electrons. The molecule has 0 spiro atoms. The first kappa shape index (κ1) is 25.4. The summed E-state index contributed by atoms with van der Waals surface area (Å²) in [6.07, 6.45) is 3.11. The molecular formula is C25H27N7O5. The quantitative estimate of drug-likeness (QED) is 0.164. The molecule has 192 valence electrons. The van der Waals surface area contributed by atoms with E-state index in [0.29, 0.717) is 41.5 Å². The number of para-hydroxylation sites is 1. The van der Waals surface area contributed by atoms with Crippen LogP contribution in [-0.2, 0) is 4.74 Å². The van der Waals surface area contributed by atoms with Gasteiger partial charge in [-0.1, -0.05) is 18.2 Å². The average molecular weight is 506 g/mol. The second kappa shape index (κ2) is 10.9. The fourth-order valence-corrected chi connectivity index (χ4v) is 3.84. The van der Waals surface area contributed by atoms with E-state index >= 15 is 0 Å². The molecule has 0 aliphatic rings. The molecule has 0 saturated heterocycles. The molecule has 4 aromatic rings. The van der Waals surface area contributed by atoms with E-state index in [4.69, 9.17) is 9.47 Å². The predicted octanol–water partition coefficient (Wildman–Crippen LogP) is 4.05. The smallest absolute Gasteiger partial charge is 0.341 e. The lowest BCUT2D eigenvalue weighted by Gasteiger charge is -2.15. The SMILES string of the molecule is COC(=O)c1cnc(Nc2cc([N+](=O)[O-])c(NCCN(C)C)cc2OC)nc1-c1c[nH]c2ccccc12. The van der Waals surface area contributed by atoms with Gasteiger partial charge < -0.3 is 30.0 Å². The summed E-state index contributed by atoms with van der Waals surface area (Å²) in [5.74, 6) is -0.116. The number of nitro benzene ring substituents is 1. The number of ether oxygens (including phenoxy) is 2. The van der Waals surface area contributed by atoms with E-state index in [1.807, 2.05) is 43.3 Å². The first-order valence-electron chi connectivity index (χ1n) is 11.4. The molecule has 2 heterocycles. The maximum Gasteiger partial charge on any atom is 0.341 e. The Bertz CT molecular complexity index is 1450. The van der Waals surface area contributed by atoms with E-state index in [-0.39, 0.29) is 17.2 Å². The van der Waals surface area contributed by atoms with Crippen molar-refractivity contribution in [2.75, 3.05) is 52.0 Å². The number of likely N-dealkylation sites (N-methyl/N-ethyl adjacent to an activating group) is 1. The molecule has 0 aliphatic heterocycles. The van der Waals surface area contributed by atoms with Gasteiger partial charge in [0.1, 0.15) is 17.0 Å². The standard InChI is InChI=1S/C25H27N7O5/c1-31(2)10-9-26-19-12-22(36-3)20(11-21(19)32(34)35)29-25-28-14-17(24(33)37-4)23(30-25)16-13-27-18-8-6-5-7-15(16)18/h5-8,11-14,26-27H,9-10H2,1-4H3,(H,28,29,30). The van der Waals surface area contributed by atoms with Crippen LogP contribution in [-0.4, -0.2) is 72.1 Å². The lowest BCUT2D eigenvalue weighted by Crippen LogP contribution is -2.21. The fraction of sp³-hybridized carbons (Fsp3) is 0.240. The Kier molecular flexibility index (Phi) is 7.49. The number of hydrogen-bond donors (Lipinski definition) is 3. The van der Waals surface area contributed by atoms with Crippen LogP contribution in [0, 0.1) is 10.1 Å². The average Bonchev–Trinajstić information content (AvgIpc) is 3.32. The number of nitrogens with one attached hydrogen (secondary N) is 3. The highest BCUT2D eigenvalue weighted by atomic mass is 16.6. The molecule has 0 saturated carbocycles. The highest BCUT2D eigenvalue weighted by molar-refractivity contribution is 6.02. The third kappa shape index (κ3) is 5.43. The topological polar surface area (TPSA) is 148 Å². The van der Waals surface area contributed by atoms with E-state index in [1.165, 1.54) is 26.5 Å². The van der Waals surface area contributed by atoms with Crippen LogP contribution in [0.2, 0.25) is 0 Å². The van der Waals surface area contributed by atoms with Gasteiger partial charge in [-0.05, 0) is 20.2 Å². The van der Waals surface area contributed by atoms with Crippen molar-refractivity contribution in [1.29, 1.82) is 0 Å². The Morgan fingerprint density at radius 1 is 1.19 bits per heavy atom. The summed E-state index contributed by atoms with van der Waals surface area (Å²) >= 11 is 0. The number of carbonyl (C=O) groups is 1. The van der Waals surface area contributed by atoms with Crippen LogP contribution in [0.5, 0.6) is 5.75 Å². The highest BCUT2D eigenvalue weighted by Crippen LogP contribution is 2.38. The van der Waals surface area contributed by atoms with Crippen molar-refractivity contribution >= 4 is 39.9 Å². The van der Waals surface area contributed by atoms with Crippen LogP contribution < -0.4 is 15.4 Å². The molecule has 4 rings (SSSR count). The molecule has 0 atom stereocenters. The number of rotatable bonds is 10. The Morgan fingerprint density at radius 2 is 1.97 bits per heavy atom. The van der Waals surface area contributed by atoms with Gasteiger partial charge in [-0.2, -0.15) is 0 Å². The maximum atomic E-state index is 12.5. The number of fused-ring (bicyclic) bond motifs is 1. The number of aromatic amines is 1. The number of anilines is 3. The van der Waals surface area contributed by atoms with Crippen molar-refractivity contribution in [2.45, 2.75) is 0 Å². The lowest BCUT2D eigenvalue weighted by molar-refractivity contribution is -0.383. The van der Waals surface area contributed by atoms with Crippen LogP contribution in [0.4, 0.5) is 23.0 Å². The van der Waals surface area contributed by atoms with Crippen LogP contribution in [0.15, 0.2) is 48.8 Å². The minimum atomic E-state index is -0.590. The number of nitrogens with zero attached hydrogens (tertiary/aromatic N) is 4. The first-order valence-corrected chi connectivity index (χ1v) is 11.4. The number of nitro groups is 1. The van der Waals surface area contributed by atoms with E-state index in [2.05, 4.69) is 25.6 Å². The van der Waals surface area contributed by atoms with Crippen LogP contribution in [0.3, 0.4) is 0 Å². The van der Waals surface area contributed by atoms with Crippen LogP contribution in [0.1, 0.15) is 10.4 Å². The Labute approximate surface area is 212 Å². The van der Waals surface area contributed by atoms with Gasteiger partial charge in [-0.25, -0.2) is 14.8 Å². The molecule has 12 heteroatoms. The monoisotopic (exact) mass is 505 g/mol. The molecule has 12 nitrogen and oxygen atoms in total. The third-order valence-corrected chi connectivity index (χ3v) is 5.67. The lowest BCUT2D eigenvalue weighted by atomic mass is 10.1. The Morgan fingerprint density at radius 3 is 2.68 bits per heavy atom. The minimum Gasteiger partial charge on any atom is -0.494 e. The summed E-state index contributed by atoms with van der Waals surface area (Å²) in [7, 11) is 6.58. The summed E-state index contributed by atoms with van der Waals surface area (Å²) in [6, 6.07) is 10.5. The molecule has 2 aromatic heterocycles. The second-order valence-electron chi connectivity index (χ2n) is 8.38. The number of aromatic nitrogens is 3. The van der Waals surface area contributed by atoms with Crippen molar-refractivity contribution in [3.8, 4) is 17.0 Å². The number of benzene rings is 2. The third-order valence-electron chi connectivity index (χ3n) is 5.67. The number of esters is 1. The number of hydrogen-bond acceptors (Lipinski definition) is 10. The molecule has 2 aromatic carbocycles. The highest BCUT2D eigenvalue weighted by Gasteiger charge is 2.22. The zero-order valence-electron chi connectivity index (χ0n) is 20.9. The van der Waals surface area contributed by atoms with Gasteiger partial charge >= 0.3 is 5.97 Å². The van der Waals surface area contributed by atoms with E-state index in [1.54, 1.807) is 12.3 Å². The molecule has 37 heavy (non-hydrogen) atoms. The largest absolute Gasteiger partial charge is 0.494 e. The van der Waals surface area contributed by atoms with Gasteiger partial charge in [0.15, 0.2) is 0 Å². The molecule has 3 N–H and O–H groups in total. The van der Waals surface area contributed by atoms with Crippen LogP contribution in [0.25, 0.3) is 22.2 Å². The van der Waals surface area contributed by atoms with E-state index in [9.17, 15) is 14.9 Å². The molecule has 0 bridgehead atoms. The fourth-order valence-electron chi connectivity index (χ4n) is 3.84. The van der Waals surface area contributed by atoms with E-state index < -0.39 is 10.9 Å². The normalized spacial score (nSPS) is 10.9. The zero-order valence-corrected chi connectivity index (χ0v) is 20.9. The van der Waals surface area contributed by atoms with Crippen molar-refractivity contribution in [2.24, 2.45) is 0 Å². The molecule has 0 fully saturated rings. The molecular weight excluding hydrogens is 478 g/mol. The predicted molar refractivity (Wildman–Crippen MR) is 141 cm³/mol. The van der Waals surface area contributed by atoms with Crippen molar-refractivity contribution in [1.82, 2.24) is 19.9 Å². The van der Waals surface area contributed by atoms with Gasteiger partial charge in [0.05, 0.1) is 30.5 Å². The van der Waals surface area contributed by atoms with Crippen molar-refractivity contribution in [3.63, 3.8) is 0 Å². The van der Waals surface area contributed by atoms with Crippen LogP contribution >= 0.6 is 0 Å². The summed E-state index contributed by atoms with van der Waals surface area (Å²) in [5, 5.41) is 18.8. The first-order chi connectivity index (χ1) is 17.8. The number of carbonyl (C=O) groups excluding carboxylic acids is 1. The van der Waals surface area contributed by atoms with E-state index in [0.717, 1.165) is 10.9 Å². The van der Waals surface area contributed by atoms with Gasteiger partial charge in [0, 0.05) is 54.1 Å².